The predicted octanol–water partition coefficient (Wildman–Crippen LogP) is 3.01. The van der Waals surface area contributed by atoms with Crippen molar-refractivity contribution in [1.82, 2.24) is 0 Å². The number of para-hydroxylation sites is 1. The number of ether oxygens (including phenoxy) is 2. The van der Waals surface area contributed by atoms with Crippen LogP contribution >= 0.6 is 0 Å². The molecule has 0 saturated carbocycles. The molecule has 0 aliphatic heterocycles. The summed E-state index contributed by atoms with van der Waals surface area (Å²) in [5.74, 6) is -0.711. The third-order valence-corrected chi connectivity index (χ3v) is 2.87. The summed E-state index contributed by atoms with van der Waals surface area (Å²) in [6.45, 7) is 0.221. The highest BCUT2D eigenvalue weighted by Gasteiger charge is 2.10. The molecular weight excluding hydrogens is 264 g/mol. The van der Waals surface area contributed by atoms with Gasteiger partial charge in [-0.1, -0.05) is 18.2 Å². The van der Waals surface area contributed by atoms with Crippen molar-refractivity contribution in [2.24, 2.45) is 5.73 Å². The third-order valence-electron chi connectivity index (χ3n) is 2.87. The number of nitrogens with two attached hydrogens (primary N) is 1. The Labute approximate surface area is 115 Å². The summed E-state index contributed by atoms with van der Waals surface area (Å²) in [5.41, 5.74) is 6.67. The van der Waals surface area contributed by atoms with Crippen molar-refractivity contribution in [2.75, 3.05) is 7.11 Å². The van der Waals surface area contributed by atoms with E-state index >= 15 is 0 Å². The maximum Gasteiger partial charge on any atom is 0.165 e. The summed E-state index contributed by atoms with van der Waals surface area (Å²) in [7, 11) is 1.39. The molecule has 0 fully saturated rings. The Hall–Kier alpha value is -2.14. The van der Waals surface area contributed by atoms with Crippen molar-refractivity contribution < 1.29 is 18.3 Å². The lowest BCUT2D eigenvalue weighted by Gasteiger charge is -2.12. The zero-order chi connectivity index (χ0) is 14.5. The van der Waals surface area contributed by atoms with E-state index in [-0.39, 0.29) is 24.7 Å². The lowest BCUT2D eigenvalue weighted by molar-refractivity contribution is 0.286. The molecule has 0 bridgehead atoms. The molecule has 2 aromatic carbocycles. The zero-order valence-electron chi connectivity index (χ0n) is 11.0. The Morgan fingerprint density at radius 3 is 2.55 bits per heavy atom. The Balaban J connectivity index is 2.15. The van der Waals surface area contributed by atoms with E-state index in [1.165, 1.54) is 25.3 Å². The van der Waals surface area contributed by atoms with E-state index in [0.29, 0.717) is 11.1 Å². The van der Waals surface area contributed by atoms with Crippen LogP contribution in [0.1, 0.15) is 11.1 Å². The summed E-state index contributed by atoms with van der Waals surface area (Å²) >= 11 is 0. The van der Waals surface area contributed by atoms with Crippen LogP contribution in [-0.4, -0.2) is 7.11 Å². The van der Waals surface area contributed by atoms with Gasteiger partial charge in [0.25, 0.3) is 0 Å². The van der Waals surface area contributed by atoms with Crippen LogP contribution in [0, 0.1) is 11.6 Å². The Morgan fingerprint density at radius 1 is 1.10 bits per heavy atom. The number of methoxy groups -OCH3 is 1. The van der Waals surface area contributed by atoms with Gasteiger partial charge in [0.15, 0.2) is 23.1 Å². The van der Waals surface area contributed by atoms with Gasteiger partial charge in [-0.3, -0.25) is 0 Å². The highest BCUT2D eigenvalue weighted by molar-refractivity contribution is 5.35. The summed E-state index contributed by atoms with van der Waals surface area (Å²) in [6, 6.07) is 9.00. The van der Waals surface area contributed by atoms with E-state index < -0.39 is 11.6 Å². The van der Waals surface area contributed by atoms with Gasteiger partial charge in [-0.15, -0.1) is 0 Å². The summed E-state index contributed by atoms with van der Waals surface area (Å²) in [5, 5.41) is 0. The first-order chi connectivity index (χ1) is 9.65. The van der Waals surface area contributed by atoms with Gasteiger partial charge < -0.3 is 15.2 Å². The number of rotatable bonds is 5. The second-order valence-electron chi connectivity index (χ2n) is 4.19. The minimum absolute atomic E-state index is 0.0504. The van der Waals surface area contributed by atoms with Crippen LogP contribution in [0.4, 0.5) is 8.78 Å². The standard InChI is InChI=1S/C15H15F2NO2/c1-19-14-6-5-10(7-13(14)17)9-20-15-11(8-18)3-2-4-12(15)16/h2-7H,8-9,18H2,1H3. The van der Waals surface area contributed by atoms with E-state index in [9.17, 15) is 8.78 Å². The van der Waals surface area contributed by atoms with Gasteiger partial charge in [0.2, 0.25) is 0 Å². The van der Waals surface area contributed by atoms with Crippen LogP contribution in [-0.2, 0) is 13.2 Å². The third kappa shape index (κ3) is 3.05. The van der Waals surface area contributed by atoms with Crippen LogP contribution in [0.25, 0.3) is 0 Å². The molecule has 2 rings (SSSR count). The second kappa shape index (κ2) is 6.34. The van der Waals surface area contributed by atoms with Crippen LogP contribution in [0.5, 0.6) is 11.5 Å². The first kappa shape index (κ1) is 14.3. The van der Waals surface area contributed by atoms with Crippen LogP contribution in [0.2, 0.25) is 0 Å². The number of halogens is 2. The first-order valence-corrected chi connectivity index (χ1v) is 6.08. The molecule has 0 heterocycles. The number of hydrogen-bond donors (Lipinski definition) is 1. The smallest absolute Gasteiger partial charge is 0.165 e. The molecule has 2 aromatic rings. The minimum atomic E-state index is -0.485. The highest BCUT2D eigenvalue weighted by Crippen LogP contribution is 2.24. The fourth-order valence-electron chi connectivity index (χ4n) is 1.83. The second-order valence-corrected chi connectivity index (χ2v) is 4.19. The molecule has 0 aliphatic carbocycles. The summed E-state index contributed by atoms with van der Waals surface area (Å²) in [4.78, 5) is 0. The monoisotopic (exact) mass is 279 g/mol. The molecule has 20 heavy (non-hydrogen) atoms. The topological polar surface area (TPSA) is 44.5 Å². The Bertz CT molecular complexity index is 602. The quantitative estimate of drug-likeness (QED) is 0.915. The Morgan fingerprint density at radius 2 is 1.90 bits per heavy atom. The van der Waals surface area contributed by atoms with Gasteiger partial charge >= 0.3 is 0 Å². The van der Waals surface area contributed by atoms with E-state index in [4.69, 9.17) is 15.2 Å². The molecule has 0 aliphatic rings. The number of benzene rings is 2. The Kier molecular flexibility index (Phi) is 4.53. The maximum atomic E-state index is 13.7. The average Bonchev–Trinajstić information content (AvgIpc) is 2.46. The minimum Gasteiger partial charge on any atom is -0.494 e. The van der Waals surface area contributed by atoms with E-state index in [1.807, 2.05) is 0 Å². The molecule has 2 N–H and O–H groups in total. The van der Waals surface area contributed by atoms with Crippen LogP contribution in [0.15, 0.2) is 36.4 Å². The molecule has 0 aromatic heterocycles. The molecule has 0 saturated heterocycles. The van der Waals surface area contributed by atoms with Crippen molar-refractivity contribution in [3.05, 3.63) is 59.2 Å². The van der Waals surface area contributed by atoms with Gasteiger partial charge in [0.1, 0.15) is 6.61 Å². The van der Waals surface area contributed by atoms with Gasteiger partial charge in [-0.05, 0) is 23.8 Å². The molecule has 0 radical (unpaired) electrons. The van der Waals surface area contributed by atoms with Crippen molar-refractivity contribution >= 4 is 0 Å². The van der Waals surface area contributed by atoms with Gasteiger partial charge in [0.05, 0.1) is 7.11 Å². The van der Waals surface area contributed by atoms with E-state index in [0.717, 1.165) is 0 Å². The molecule has 0 unspecified atom stereocenters. The molecule has 0 spiro atoms. The molecular formula is C15H15F2NO2. The SMILES string of the molecule is COc1ccc(COc2c(F)cccc2CN)cc1F. The van der Waals surface area contributed by atoms with Crippen LogP contribution < -0.4 is 15.2 Å². The van der Waals surface area contributed by atoms with Gasteiger partial charge in [-0.2, -0.15) is 0 Å². The van der Waals surface area contributed by atoms with Crippen molar-refractivity contribution in [3.63, 3.8) is 0 Å². The lowest BCUT2D eigenvalue weighted by Crippen LogP contribution is -2.05. The fourth-order valence-corrected chi connectivity index (χ4v) is 1.83. The van der Waals surface area contributed by atoms with Crippen molar-refractivity contribution in [1.29, 1.82) is 0 Å². The molecule has 5 heteroatoms. The maximum absolute atomic E-state index is 13.7. The number of hydrogen-bond acceptors (Lipinski definition) is 3. The van der Waals surface area contributed by atoms with E-state index in [1.54, 1.807) is 18.2 Å². The fraction of sp³-hybridized carbons (Fsp3) is 0.200. The summed E-state index contributed by atoms with van der Waals surface area (Å²) < 4.78 is 37.4. The predicted molar refractivity (Wildman–Crippen MR) is 71.6 cm³/mol. The molecule has 0 atom stereocenters. The van der Waals surface area contributed by atoms with Crippen molar-refractivity contribution in [2.45, 2.75) is 13.2 Å². The van der Waals surface area contributed by atoms with Crippen molar-refractivity contribution in [3.8, 4) is 11.5 Å². The normalized spacial score (nSPS) is 10.4. The molecule has 3 nitrogen and oxygen atoms in total. The molecule has 106 valence electrons. The largest absolute Gasteiger partial charge is 0.494 e. The van der Waals surface area contributed by atoms with E-state index in [2.05, 4.69) is 0 Å². The first-order valence-electron chi connectivity index (χ1n) is 6.08. The van der Waals surface area contributed by atoms with Gasteiger partial charge in [0, 0.05) is 12.1 Å². The molecule has 0 amide bonds. The average molecular weight is 279 g/mol. The summed E-state index contributed by atoms with van der Waals surface area (Å²) in [6.07, 6.45) is 0. The highest BCUT2D eigenvalue weighted by atomic mass is 19.1. The lowest BCUT2D eigenvalue weighted by atomic mass is 10.2. The van der Waals surface area contributed by atoms with Crippen LogP contribution in [0.3, 0.4) is 0 Å². The van der Waals surface area contributed by atoms with Gasteiger partial charge in [-0.25, -0.2) is 8.78 Å². The zero-order valence-corrected chi connectivity index (χ0v) is 11.0.